The number of aromatic nitrogens is 5. The molecule has 5 N–H and O–H groups in total. The van der Waals surface area contributed by atoms with E-state index in [0.29, 0.717) is 34.1 Å². The number of thioether (sulfide) groups is 1. The van der Waals surface area contributed by atoms with Crippen LogP contribution in [0.15, 0.2) is 52.4 Å². The third kappa shape index (κ3) is 4.20. The molecule has 0 fully saturated rings. The first-order valence-electron chi connectivity index (χ1n) is 9.02. The van der Waals surface area contributed by atoms with Gasteiger partial charge in [0.2, 0.25) is 11.1 Å². The van der Waals surface area contributed by atoms with E-state index in [1.807, 2.05) is 0 Å². The molecule has 0 aliphatic carbocycles. The van der Waals surface area contributed by atoms with E-state index in [1.165, 1.54) is 28.6 Å². The first kappa shape index (κ1) is 19.7. The van der Waals surface area contributed by atoms with Crippen LogP contribution in [0.3, 0.4) is 0 Å². The van der Waals surface area contributed by atoms with Crippen LogP contribution < -0.4 is 16.8 Å². The van der Waals surface area contributed by atoms with Gasteiger partial charge in [0, 0.05) is 12.1 Å². The normalized spacial score (nSPS) is 12.2. The van der Waals surface area contributed by atoms with E-state index in [4.69, 9.17) is 5.84 Å². The fraction of sp³-hybridized carbons (Fsp3) is 0.158. The number of amides is 1. The quantitative estimate of drug-likeness (QED) is 0.275. The number of imidazole rings is 1. The van der Waals surface area contributed by atoms with Crippen molar-refractivity contribution in [3.05, 3.63) is 70.2 Å². The third-order valence-corrected chi connectivity index (χ3v) is 5.50. The fourth-order valence-electron chi connectivity index (χ4n) is 2.86. The number of rotatable bonds is 6. The number of hydrogen-bond acceptors (Lipinski definition) is 6. The van der Waals surface area contributed by atoms with E-state index < -0.39 is 5.25 Å². The van der Waals surface area contributed by atoms with E-state index in [9.17, 15) is 14.0 Å². The summed E-state index contributed by atoms with van der Waals surface area (Å²) in [4.78, 5) is 29.2. The van der Waals surface area contributed by atoms with Crippen molar-refractivity contribution in [1.82, 2.24) is 24.8 Å². The van der Waals surface area contributed by atoms with E-state index in [0.717, 1.165) is 5.56 Å². The number of nitrogens with zero attached hydrogens (tertiary/aromatic N) is 3. The van der Waals surface area contributed by atoms with Crippen molar-refractivity contribution in [2.24, 2.45) is 0 Å². The summed E-state index contributed by atoms with van der Waals surface area (Å²) in [5.41, 5.74) is 2.35. The second-order valence-corrected chi connectivity index (χ2v) is 7.97. The summed E-state index contributed by atoms with van der Waals surface area (Å²) in [5, 5.41) is 10.8. The number of anilines is 1. The lowest BCUT2D eigenvalue weighted by atomic mass is 10.1. The molecule has 1 atom stereocenters. The van der Waals surface area contributed by atoms with E-state index in [1.54, 1.807) is 37.3 Å². The molecular weight excluding hydrogens is 409 g/mol. The minimum absolute atomic E-state index is 0.250. The van der Waals surface area contributed by atoms with Crippen LogP contribution in [0.5, 0.6) is 0 Å². The van der Waals surface area contributed by atoms with E-state index >= 15 is 0 Å². The highest BCUT2D eigenvalue weighted by molar-refractivity contribution is 8.00. The number of halogens is 1. The van der Waals surface area contributed by atoms with Gasteiger partial charge in [0.05, 0.1) is 16.3 Å². The Morgan fingerprint density at radius 1 is 1.20 bits per heavy atom. The highest BCUT2D eigenvalue weighted by atomic mass is 32.2. The molecule has 2 aromatic heterocycles. The molecule has 9 nitrogen and oxygen atoms in total. The Balaban J connectivity index is 1.41. The van der Waals surface area contributed by atoms with Crippen molar-refractivity contribution in [3.63, 3.8) is 0 Å². The molecular formula is C19H18FN7O2S. The highest BCUT2D eigenvalue weighted by Crippen LogP contribution is 2.23. The van der Waals surface area contributed by atoms with Gasteiger partial charge in [0.15, 0.2) is 5.82 Å². The molecule has 4 rings (SSSR count). The zero-order chi connectivity index (χ0) is 21.3. The summed E-state index contributed by atoms with van der Waals surface area (Å²) < 4.78 is 14.4. The van der Waals surface area contributed by atoms with Gasteiger partial charge in [0.25, 0.3) is 0 Å². The van der Waals surface area contributed by atoms with Crippen LogP contribution in [0, 0.1) is 5.82 Å². The van der Waals surface area contributed by atoms with Gasteiger partial charge in [-0.15, -0.1) is 10.2 Å². The number of carbonyl (C=O) groups is 1. The van der Waals surface area contributed by atoms with Crippen LogP contribution >= 0.6 is 11.8 Å². The topological polar surface area (TPSA) is 134 Å². The lowest BCUT2D eigenvalue weighted by Gasteiger charge is -2.11. The first-order valence-corrected chi connectivity index (χ1v) is 9.90. The van der Waals surface area contributed by atoms with Crippen LogP contribution in [0.1, 0.15) is 18.3 Å². The number of carbonyl (C=O) groups excluding carboxylic acids is 1. The molecule has 0 saturated heterocycles. The lowest BCUT2D eigenvalue weighted by molar-refractivity contribution is -0.115. The summed E-state index contributed by atoms with van der Waals surface area (Å²) in [5.74, 6) is 6.01. The molecule has 0 saturated carbocycles. The summed E-state index contributed by atoms with van der Waals surface area (Å²) in [6, 6.07) is 11.1. The number of hydrogen-bond donors (Lipinski definition) is 4. The molecule has 0 spiro atoms. The van der Waals surface area contributed by atoms with Crippen LogP contribution in [-0.2, 0) is 11.2 Å². The predicted molar refractivity (Wildman–Crippen MR) is 112 cm³/mol. The zero-order valence-electron chi connectivity index (χ0n) is 15.8. The summed E-state index contributed by atoms with van der Waals surface area (Å²) in [7, 11) is 0. The van der Waals surface area contributed by atoms with Gasteiger partial charge >= 0.3 is 5.69 Å². The molecule has 0 aliphatic heterocycles. The van der Waals surface area contributed by atoms with Crippen molar-refractivity contribution in [1.29, 1.82) is 0 Å². The Labute approximate surface area is 173 Å². The molecule has 4 aromatic rings. The highest BCUT2D eigenvalue weighted by Gasteiger charge is 2.20. The van der Waals surface area contributed by atoms with Crippen molar-refractivity contribution < 1.29 is 9.18 Å². The van der Waals surface area contributed by atoms with Gasteiger partial charge in [0.1, 0.15) is 5.82 Å². The number of nitrogens with one attached hydrogen (secondary N) is 3. The fourth-order valence-corrected chi connectivity index (χ4v) is 3.65. The zero-order valence-corrected chi connectivity index (χ0v) is 16.7. The lowest BCUT2D eigenvalue weighted by Crippen LogP contribution is -2.24. The van der Waals surface area contributed by atoms with Gasteiger partial charge < -0.3 is 21.1 Å². The van der Waals surface area contributed by atoms with Crippen molar-refractivity contribution in [2.75, 3.05) is 11.2 Å². The SMILES string of the molecule is C[C@@H](Sc1nnc(Cc2ccc(F)cc2)n1N)C(=O)Nc1ccc2[nH]c(=O)[nH]c2c1. The predicted octanol–water partition coefficient (Wildman–Crippen LogP) is 2.01. The molecule has 0 radical (unpaired) electrons. The molecule has 154 valence electrons. The number of fused-ring (bicyclic) bond motifs is 1. The maximum absolute atomic E-state index is 13.0. The molecule has 11 heteroatoms. The van der Waals surface area contributed by atoms with Gasteiger partial charge in [-0.1, -0.05) is 23.9 Å². The standard InChI is InChI=1S/C19H18FN7O2S/c1-10(17(28)22-13-6-7-14-15(9-13)24-18(29)23-14)30-19-26-25-16(27(19)21)8-11-2-4-12(20)5-3-11/h2-7,9-10H,8,21H2,1H3,(H,22,28)(H2,23,24,29)/t10-/m1/s1. The smallest absolute Gasteiger partial charge is 0.323 e. The number of nitrogens with two attached hydrogens (primary N) is 1. The Kier molecular flexibility index (Phi) is 5.27. The second-order valence-electron chi connectivity index (χ2n) is 6.66. The van der Waals surface area contributed by atoms with Crippen LogP contribution in [-0.4, -0.2) is 36.0 Å². The first-order chi connectivity index (χ1) is 14.4. The Hall–Kier alpha value is -3.60. The van der Waals surface area contributed by atoms with E-state index in [-0.39, 0.29) is 17.4 Å². The third-order valence-electron chi connectivity index (χ3n) is 4.45. The summed E-state index contributed by atoms with van der Waals surface area (Å²) >= 11 is 1.17. The van der Waals surface area contributed by atoms with Gasteiger partial charge in [-0.05, 0) is 42.8 Å². The molecule has 0 unspecified atom stereocenters. The number of nitrogen functional groups attached to an aromatic ring is 1. The molecule has 0 bridgehead atoms. The van der Waals surface area contributed by atoms with Crippen molar-refractivity contribution in [2.45, 2.75) is 23.8 Å². The number of H-pyrrole nitrogens is 2. The minimum Gasteiger partial charge on any atom is -0.336 e. The summed E-state index contributed by atoms with van der Waals surface area (Å²) in [6.45, 7) is 1.73. The van der Waals surface area contributed by atoms with E-state index in [2.05, 4.69) is 25.5 Å². The largest absolute Gasteiger partial charge is 0.336 e. The van der Waals surface area contributed by atoms with Crippen LogP contribution in [0.25, 0.3) is 11.0 Å². The number of aromatic amines is 2. The molecule has 30 heavy (non-hydrogen) atoms. The van der Waals surface area contributed by atoms with Crippen LogP contribution in [0.4, 0.5) is 10.1 Å². The molecule has 2 aromatic carbocycles. The number of benzene rings is 2. The van der Waals surface area contributed by atoms with Crippen molar-refractivity contribution >= 4 is 34.4 Å². The Bertz CT molecular complexity index is 1260. The van der Waals surface area contributed by atoms with Gasteiger partial charge in [-0.2, -0.15) is 0 Å². The average molecular weight is 427 g/mol. The molecule has 0 aliphatic rings. The second kappa shape index (κ2) is 8.03. The van der Waals surface area contributed by atoms with Crippen molar-refractivity contribution in [3.8, 4) is 0 Å². The maximum atomic E-state index is 13.0. The molecule has 2 heterocycles. The van der Waals surface area contributed by atoms with Gasteiger partial charge in [-0.25, -0.2) is 13.9 Å². The Morgan fingerprint density at radius 2 is 1.93 bits per heavy atom. The van der Waals surface area contributed by atoms with Crippen LogP contribution in [0.2, 0.25) is 0 Å². The van der Waals surface area contributed by atoms with Gasteiger partial charge in [-0.3, -0.25) is 4.79 Å². The summed E-state index contributed by atoms with van der Waals surface area (Å²) in [6.07, 6.45) is 0.389. The average Bonchev–Trinajstić information content (AvgIpc) is 3.25. The minimum atomic E-state index is -0.504. The monoisotopic (exact) mass is 427 g/mol. The molecule has 1 amide bonds. The maximum Gasteiger partial charge on any atom is 0.323 e. The Morgan fingerprint density at radius 3 is 2.70 bits per heavy atom.